The Morgan fingerprint density at radius 1 is 1.14 bits per heavy atom. The molecule has 0 aromatic carbocycles. The normalized spacial score (nSPS) is 24.1. The first kappa shape index (κ1) is 14.6. The van der Waals surface area contributed by atoms with E-state index in [0.29, 0.717) is 49.2 Å². The molecule has 0 unspecified atom stereocenters. The Kier molecular flexibility index (Phi) is 4.03. The molecule has 0 radical (unpaired) electrons. The lowest BCUT2D eigenvalue weighted by atomic mass is 10.1. The molecule has 2 fully saturated rings. The maximum atomic E-state index is 12.2. The van der Waals surface area contributed by atoms with E-state index in [9.17, 15) is 13.2 Å². The van der Waals surface area contributed by atoms with Gasteiger partial charge in [0.25, 0.3) is 5.91 Å². The second kappa shape index (κ2) is 5.81. The second-order valence-corrected chi connectivity index (χ2v) is 7.99. The monoisotopic (exact) mass is 312 g/mol. The SMILES string of the molecule is O=C(c1ccco1)N1CCN(C2CCS(=O)(=O)CC2)CC1. The lowest BCUT2D eigenvalue weighted by Crippen LogP contribution is -2.53. The van der Waals surface area contributed by atoms with Gasteiger partial charge in [0.15, 0.2) is 5.76 Å². The number of rotatable bonds is 2. The van der Waals surface area contributed by atoms with E-state index in [1.165, 1.54) is 6.26 Å². The summed E-state index contributed by atoms with van der Waals surface area (Å²) in [6, 6.07) is 3.74. The average molecular weight is 312 g/mol. The molecule has 1 aromatic rings. The minimum absolute atomic E-state index is 0.0640. The maximum Gasteiger partial charge on any atom is 0.289 e. The van der Waals surface area contributed by atoms with Gasteiger partial charge in [-0.05, 0) is 25.0 Å². The van der Waals surface area contributed by atoms with E-state index in [-0.39, 0.29) is 5.91 Å². The summed E-state index contributed by atoms with van der Waals surface area (Å²) in [4.78, 5) is 16.3. The number of piperazine rings is 1. The van der Waals surface area contributed by atoms with Crippen LogP contribution in [-0.2, 0) is 9.84 Å². The van der Waals surface area contributed by atoms with Crippen LogP contribution >= 0.6 is 0 Å². The summed E-state index contributed by atoms with van der Waals surface area (Å²) in [5.41, 5.74) is 0. The van der Waals surface area contributed by atoms with Crippen molar-refractivity contribution in [2.45, 2.75) is 18.9 Å². The van der Waals surface area contributed by atoms with Gasteiger partial charge in [-0.3, -0.25) is 9.69 Å². The summed E-state index contributed by atoms with van der Waals surface area (Å²) in [5, 5.41) is 0. The molecule has 0 N–H and O–H groups in total. The van der Waals surface area contributed by atoms with Crippen molar-refractivity contribution in [2.24, 2.45) is 0 Å². The van der Waals surface area contributed by atoms with Crippen LogP contribution in [0.5, 0.6) is 0 Å². The van der Waals surface area contributed by atoms with Crippen LogP contribution in [0.3, 0.4) is 0 Å². The van der Waals surface area contributed by atoms with Gasteiger partial charge in [0.1, 0.15) is 9.84 Å². The zero-order valence-electron chi connectivity index (χ0n) is 11.9. The number of carbonyl (C=O) groups excluding carboxylic acids is 1. The van der Waals surface area contributed by atoms with Gasteiger partial charge < -0.3 is 9.32 Å². The Hall–Kier alpha value is -1.34. The van der Waals surface area contributed by atoms with Gasteiger partial charge >= 0.3 is 0 Å². The highest BCUT2D eigenvalue weighted by Gasteiger charge is 2.31. The summed E-state index contributed by atoms with van der Waals surface area (Å²) in [6.45, 7) is 2.94. The molecule has 21 heavy (non-hydrogen) atoms. The number of sulfone groups is 1. The predicted octanol–water partition coefficient (Wildman–Crippen LogP) is 0.615. The van der Waals surface area contributed by atoms with Gasteiger partial charge in [0.2, 0.25) is 0 Å². The topological polar surface area (TPSA) is 70.8 Å². The van der Waals surface area contributed by atoms with Crippen molar-refractivity contribution in [1.29, 1.82) is 0 Å². The first-order chi connectivity index (χ1) is 10.1. The molecule has 2 aliphatic rings. The zero-order valence-corrected chi connectivity index (χ0v) is 12.7. The van der Waals surface area contributed by atoms with E-state index in [2.05, 4.69) is 4.90 Å². The van der Waals surface area contributed by atoms with Crippen molar-refractivity contribution in [3.63, 3.8) is 0 Å². The van der Waals surface area contributed by atoms with E-state index in [0.717, 1.165) is 13.1 Å². The van der Waals surface area contributed by atoms with Crippen molar-refractivity contribution in [2.75, 3.05) is 37.7 Å². The number of hydrogen-bond acceptors (Lipinski definition) is 5. The smallest absolute Gasteiger partial charge is 0.289 e. The van der Waals surface area contributed by atoms with E-state index < -0.39 is 9.84 Å². The standard InChI is InChI=1S/C14H20N2O4S/c17-14(13-2-1-9-20-13)16-7-5-15(6-8-16)12-3-10-21(18,19)11-4-12/h1-2,9,12H,3-8,10-11H2. The molecule has 2 aliphatic heterocycles. The highest BCUT2D eigenvalue weighted by molar-refractivity contribution is 7.91. The summed E-state index contributed by atoms with van der Waals surface area (Å²) in [5.74, 6) is 0.907. The Morgan fingerprint density at radius 3 is 2.38 bits per heavy atom. The molecular weight excluding hydrogens is 292 g/mol. The lowest BCUT2D eigenvalue weighted by molar-refractivity contribution is 0.0530. The van der Waals surface area contributed by atoms with Crippen LogP contribution in [0.15, 0.2) is 22.8 Å². The molecule has 0 atom stereocenters. The van der Waals surface area contributed by atoms with Crippen LogP contribution < -0.4 is 0 Å². The first-order valence-corrected chi connectivity index (χ1v) is 9.14. The third kappa shape index (κ3) is 3.29. The minimum Gasteiger partial charge on any atom is -0.459 e. The highest BCUT2D eigenvalue weighted by atomic mass is 32.2. The fraction of sp³-hybridized carbons (Fsp3) is 0.643. The summed E-state index contributed by atoms with van der Waals surface area (Å²) >= 11 is 0. The molecule has 2 saturated heterocycles. The largest absolute Gasteiger partial charge is 0.459 e. The van der Waals surface area contributed by atoms with Gasteiger partial charge in [-0.25, -0.2) is 8.42 Å². The quantitative estimate of drug-likeness (QED) is 0.800. The van der Waals surface area contributed by atoms with Crippen LogP contribution in [-0.4, -0.2) is 67.9 Å². The Labute approximate surface area is 124 Å². The fourth-order valence-electron chi connectivity index (χ4n) is 3.09. The Morgan fingerprint density at radius 2 is 1.81 bits per heavy atom. The van der Waals surface area contributed by atoms with Crippen molar-refractivity contribution in [3.8, 4) is 0 Å². The van der Waals surface area contributed by atoms with Gasteiger partial charge in [-0.1, -0.05) is 0 Å². The Balaban J connectivity index is 1.53. The molecule has 7 heteroatoms. The summed E-state index contributed by atoms with van der Waals surface area (Å²) in [6.07, 6.45) is 2.94. The molecular formula is C14H20N2O4S. The molecule has 1 aromatic heterocycles. The van der Waals surface area contributed by atoms with E-state index in [1.54, 1.807) is 17.0 Å². The molecule has 6 nitrogen and oxygen atoms in total. The molecule has 3 rings (SSSR count). The van der Waals surface area contributed by atoms with Gasteiger partial charge in [-0.15, -0.1) is 0 Å². The predicted molar refractivity (Wildman–Crippen MR) is 77.9 cm³/mol. The molecule has 116 valence electrons. The third-order valence-corrected chi connectivity index (χ3v) is 6.09. The minimum atomic E-state index is -2.81. The number of nitrogens with zero attached hydrogens (tertiary/aromatic N) is 2. The zero-order chi connectivity index (χ0) is 14.9. The highest BCUT2D eigenvalue weighted by Crippen LogP contribution is 2.20. The van der Waals surface area contributed by atoms with Gasteiger partial charge in [0, 0.05) is 32.2 Å². The first-order valence-electron chi connectivity index (χ1n) is 7.32. The van der Waals surface area contributed by atoms with Crippen molar-refractivity contribution in [3.05, 3.63) is 24.2 Å². The van der Waals surface area contributed by atoms with Crippen LogP contribution in [0.2, 0.25) is 0 Å². The number of hydrogen-bond donors (Lipinski definition) is 0. The van der Waals surface area contributed by atoms with E-state index in [4.69, 9.17) is 4.42 Å². The average Bonchev–Trinajstić information content (AvgIpc) is 3.01. The van der Waals surface area contributed by atoms with Crippen molar-refractivity contribution < 1.29 is 17.6 Å². The van der Waals surface area contributed by atoms with Crippen LogP contribution in [0.1, 0.15) is 23.4 Å². The molecule has 0 bridgehead atoms. The summed E-state index contributed by atoms with van der Waals surface area (Å²) in [7, 11) is -2.81. The molecule has 0 aliphatic carbocycles. The van der Waals surface area contributed by atoms with Gasteiger partial charge in [0.05, 0.1) is 17.8 Å². The Bertz CT molecular complexity index is 575. The number of amides is 1. The number of carbonyl (C=O) groups is 1. The molecule has 3 heterocycles. The fourth-order valence-corrected chi connectivity index (χ4v) is 4.56. The van der Waals surface area contributed by atoms with E-state index in [1.807, 2.05) is 0 Å². The lowest BCUT2D eigenvalue weighted by Gasteiger charge is -2.40. The second-order valence-electron chi connectivity index (χ2n) is 5.69. The molecule has 1 amide bonds. The van der Waals surface area contributed by atoms with Crippen LogP contribution in [0.25, 0.3) is 0 Å². The van der Waals surface area contributed by atoms with Gasteiger partial charge in [-0.2, -0.15) is 0 Å². The summed E-state index contributed by atoms with van der Waals surface area (Å²) < 4.78 is 28.1. The van der Waals surface area contributed by atoms with Crippen molar-refractivity contribution >= 4 is 15.7 Å². The number of furan rings is 1. The van der Waals surface area contributed by atoms with E-state index >= 15 is 0 Å². The maximum absolute atomic E-state index is 12.2. The third-order valence-electron chi connectivity index (χ3n) is 4.37. The molecule has 0 spiro atoms. The van der Waals surface area contributed by atoms with Crippen LogP contribution in [0, 0.1) is 0 Å². The van der Waals surface area contributed by atoms with Crippen LogP contribution in [0.4, 0.5) is 0 Å². The molecule has 0 saturated carbocycles. The van der Waals surface area contributed by atoms with Crippen molar-refractivity contribution in [1.82, 2.24) is 9.80 Å².